The molecule has 0 aliphatic carbocycles. The summed E-state index contributed by atoms with van der Waals surface area (Å²) in [6.07, 6.45) is 0.287. The van der Waals surface area contributed by atoms with Gasteiger partial charge in [-0.25, -0.2) is 9.59 Å². The second-order valence-corrected chi connectivity index (χ2v) is 9.04. The van der Waals surface area contributed by atoms with Gasteiger partial charge >= 0.3 is 12.0 Å². The molecule has 0 saturated heterocycles. The number of hydrazone groups is 1. The van der Waals surface area contributed by atoms with Crippen molar-refractivity contribution < 1.29 is 38.7 Å². The van der Waals surface area contributed by atoms with Crippen molar-refractivity contribution in [2.24, 2.45) is 5.10 Å². The van der Waals surface area contributed by atoms with Gasteiger partial charge in [-0.15, -0.1) is 0 Å². The van der Waals surface area contributed by atoms with E-state index in [1.165, 1.54) is 19.4 Å². The highest BCUT2D eigenvalue weighted by atomic mass is 79.9. The van der Waals surface area contributed by atoms with Crippen molar-refractivity contribution >= 4 is 34.1 Å². The standard InChI is InChI=1S/C26H31BrN4O8/c1-5-37-20-10-16(17(27)11-18(20)32)12-28-31-22(33)13-39-19-8-7-15(9-21(19)38-6-2)24-23(25(34)36-4)14(3)29-26(35)30-24/h7-12,22,24,31-33H,5-6,13H2,1-4H3,(H2,29,30,35)/b28-12-/t22-,24-/m1/s1. The van der Waals surface area contributed by atoms with Gasteiger partial charge < -0.3 is 39.8 Å². The lowest BCUT2D eigenvalue weighted by molar-refractivity contribution is -0.136. The second-order valence-electron chi connectivity index (χ2n) is 8.19. The molecule has 0 saturated carbocycles. The lowest BCUT2D eigenvalue weighted by Crippen LogP contribution is -2.45. The predicted octanol–water partition coefficient (Wildman–Crippen LogP) is 3.07. The zero-order chi connectivity index (χ0) is 28.5. The zero-order valence-corrected chi connectivity index (χ0v) is 23.5. The highest BCUT2D eigenvalue weighted by Gasteiger charge is 2.32. The first-order valence-corrected chi connectivity index (χ1v) is 12.9. The van der Waals surface area contributed by atoms with Crippen LogP contribution in [0.2, 0.25) is 0 Å². The van der Waals surface area contributed by atoms with E-state index < -0.39 is 24.3 Å². The third-order valence-corrected chi connectivity index (χ3v) is 6.16. The average Bonchev–Trinajstić information content (AvgIpc) is 2.89. The molecule has 2 amide bonds. The van der Waals surface area contributed by atoms with E-state index in [1.807, 2.05) is 0 Å². The Morgan fingerprint density at radius 1 is 1.15 bits per heavy atom. The lowest BCUT2D eigenvalue weighted by atomic mass is 9.95. The van der Waals surface area contributed by atoms with E-state index in [0.717, 1.165) is 0 Å². The van der Waals surface area contributed by atoms with Crippen molar-refractivity contribution in [3.8, 4) is 23.0 Å². The Bertz CT molecular complexity index is 1270. The smallest absolute Gasteiger partial charge is 0.337 e. The Balaban J connectivity index is 1.70. The van der Waals surface area contributed by atoms with E-state index in [9.17, 15) is 19.8 Å². The summed E-state index contributed by atoms with van der Waals surface area (Å²) in [5.41, 5.74) is 4.41. The van der Waals surface area contributed by atoms with Crippen molar-refractivity contribution in [2.45, 2.75) is 33.0 Å². The molecule has 0 radical (unpaired) electrons. The normalized spacial score (nSPS) is 15.8. The van der Waals surface area contributed by atoms with Crippen molar-refractivity contribution in [3.05, 3.63) is 57.2 Å². The van der Waals surface area contributed by atoms with Crippen LogP contribution in [0.1, 0.15) is 37.9 Å². The highest BCUT2D eigenvalue weighted by molar-refractivity contribution is 9.10. The molecule has 1 heterocycles. The number of carbonyl (C=O) groups excluding carboxylic acids is 2. The number of carbonyl (C=O) groups is 2. The predicted molar refractivity (Wildman–Crippen MR) is 146 cm³/mol. The maximum absolute atomic E-state index is 12.4. The van der Waals surface area contributed by atoms with Crippen molar-refractivity contribution in [1.29, 1.82) is 0 Å². The van der Waals surface area contributed by atoms with Crippen molar-refractivity contribution in [2.75, 3.05) is 26.9 Å². The number of aromatic hydroxyl groups is 1. The third kappa shape index (κ3) is 7.54. The fourth-order valence-electron chi connectivity index (χ4n) is 3.74. The second kappa shape index (κ2) is 13.7. The summed E-state index contributed by atoms with van der Waals surface area (Å²) in [4.78, 5) is 24.5. The van der Waals surface area contributed by atoms with E-state index in [1.54, 1.807) is 45.0 Å². The third-order valence-electron chi connectivity index (χ3n) is 5.48. The van der Waals surface area contributed by atoms with E-state index in [4.69, 9.17) is 18.9 Å². The Morgan fingerprint density at radius 3 is 2.56 bits per heavy atom. The molecule has 1 aliphatic heterocycles. The number of aliphatic hydroxyl groups is 1. The van der Waals surface area contributed by atoms with Gasteiger partial charge in [0.2, 0.25) is 0 Å². The van der Waals surface area contributed by atoms with Gasteiger partial charge in [-0.2, -0.15) is 5.10 Å². The minimum absolute atomic E-state index is 0.00593. The molecule has 2 aromatic carbocycles. The fraction of sp³-hybridized carbons (Fsp3) is 0.346. The topological polar surface area (TPSA) is 160 Å². The minimum Gasteiger partial charge on any atom is -0.504 e. The number of benzene rings is 2. The SMILES string of the molecule is CCOc1cc(/C=N\N[C@H](O)COc2ccc([C@H]3NC(=O)NC(C)=C3C(=O)OC)cc2OCC)c(Br)cc1O. The number of phenols is 1. The summed E-state index contributed by atoms with van der Waals surface area (Å²) in [5, 5.41) is 29.6. The molecule has 0 spiro atoms. The van der Waals surface area contributed by atoms with Crippen LogP contribution in [0.5, 0.6) is 23.0 Å². The number of hydrogen-bond acceptors (Lipinski definition) is 10. The van der Waals surface area contributed by atoms with Gasteiger partial charge in [-0.05, 0) is 66.5 Å². The van der Waals surface area contributed by atoms with Crippen LogP contribution in [0.25, 0.3) is 0 Å². The summed E-state index contributed by atoms with van der Waals surface area (Å²) in [5.74, 6) is 0.428. The first-order valence-electron chi connectivity index (χ1n) is 12.1. The molecule has 0 bridgehead atoms. The molecule has 2 aromatic rings. The van der Waals surface area contributed by atoms with Crippen LogP contribution in [0.15, 0.2) is 51.2 Å². The van der Waals surface area contributed by atoms with Crippen LogP contribution in [0.3, 0.4) is 0 Å². The monoisotopic (exact) mass is 606 g/mol. The van der Waals surface area contributed by atoms with E-state index in [2.05, 4.69) is 37.1 Å². The molecule has 39 heavy (non-hydrogen) atoms. The lowest BCUT2D eigenvalue weighted by Gasteiger charge is -2.28. The number of allylic oxidation sites excluding steroid dienone is 1. The number of urea groups is 1. The van der Waals surface area contributed by atoms with E-state index in [0.29, 0.717) is 51.8 Å². The number of phenolic OH excluding ortho intramolecular Hbond substituents is 1. The Labute approximate surface area is 234 Å². The van der Waals surface area contributed by atoms with Crippen LogP contribution in [-0.2, 0) is 9.53 Å². The van der Waals surface area contributed by atoms with Crippen LogP contribution in [-0.4, -0.2) is 61.6 Å². The number of amides is 2. The average molecular weight is 607 g/mol. The summed E-state index contributed by atoms with van der Waals surface area (Å²) in [7, 11) is 1.27. The molecule has 1 aliphatic rings. The summed E-state index contributed by atoms with van der Waals surface area (Å²) in [6.45, 7) is 5.77. The Hall–Kier alpha value is -3.97. The van der Waals surface area contributed by atoms with Crippen LogP contribution >= 0.6 is 15.9 Å². The maximum Gasteiger partial charge on any atom is 0.337 e. The number of rotatable bonds is 12. The van der Waals surface area contributed by atoms with E-state index >= 15 is 0 Å². The summed E-state index contributed by atoms with van der Waals surface area (Å²) >= 11 is 3.35. The molecule has 3 rings (SSSR count). The van der Waals surface area contributed by atoms with Gasteiger partial charge in [0, 0.05) is 15.7 Å². The molecule has 2 atom stereocenters. The minimum atomic E-state index is -1.17. The van der Waals surface area contributed by atoms with Gasteiger partial charge in [0.05, 0.1) is 38.2 Å². The molecular formula is C26H31BrN4O8. The molecule has 0 aromatic heterocycles. The van der Waals surface area contributed by atoms with Crippen molar-refractivity contribution in [3.63, 3.8) is 0 Å². The molecular weight excluding hydrogens is 576 g/mol. The number of aliphatic hydroxyl groups excluding tert-OH is 1. The number of esters is 1. The number of hydrogen-bond donors (Lipinski definition) is 5. The molecule has 5 N–H and O–H groups in total. The summed E-state index contributed by atoms with van der Waals surface area (Å²) < 4.78 is 22.3. The van der Waals surface area contributed by atoms with E-state index in [-0.39, 0.29) is 17.9 Å². The number of halogens is 1. The highest BCUT2D eigenvalue weighted by Crippen LogP contribution is 2.35. The molecule has 210 valence electrons. The van der Waals surface area contributed by atoms with Crippen LogP contribution in [0.4, 0.5) is 4.79 Å². The first kappa shape index (κ1) is 29.6. The van der Waals surface area contributed by atoms with Gasteiger partial charge in [-0.3, -0.25) is 5.43 Å². The summed E-state index contributed by atoms with van der Waals surface area (Å²) in [6, 6.07) is 6.85. The van der Waals surface area contributed by atoms with Gasteiger partial charge in [0.15, 0.2) is 29.2 Å². The molecule has 0 fully saturated rings. The quantitative estimate of drug-likeness (QED) is 0.106. The van der Waals surface area contributed by atoms with Crippen LogP contribution in [0, 0.1) is 0 Å². The van der Waals surface area contributed by atoms with Crippen LogP contribution < -0.4 is 30.3 Å². The molecule has 0 unspecified atom stereocenters. The number of nitrogens with zero attached hydrogens (tertiary/aromatic N) is 1. The first-order chi connectivity index (χ1) is 18.7. The fourth-order valence-corrected chi connectivity index (χ4v) is 4.18. The zero-order valence-electron chi connectivity index (χ0n) is 21.9. The maximum atomic E-state index is 12.4. The Kier molecular flexibility index (Phi) is 10.4. The number of nitrogens with one attached hydrogen (secondary N) is 3. The van der Waals surface area contributed by atoms with Gasteiger partial charge in [0.1, 0.15) is 6.61 Å². The number of ether oxygens (including phenoxy) is 4. The van der Waals surface area contributed by atoms with Crippen molar-refractivity contribution in [1.82, 2.24) is 16.1 Å². The van der Waals surface area contributed by atoms with Gasteiger partial charge in [0.25, 0.3) is 0 Å². The van der Waals surface area contributed by atoms with Gasteiger partial charge in [-0.1, -0.05) is 6.07 Å². The molecule has 13 heteroatoms. The molecule has 12 nitrogen and oxygen atoms in total. The Morgan fingerprint density at radius 2 is 1.87 bits per heavy atom. The largest absolute Gasteiger partial charge is 0.504 e. The number of methoxy groups -OCH3 is 1.